The second kappa shape index (κ2) is 5.60. The minimum atomic E-state index is 0.606. The summed E-state index contributed by atoms with van der Waals surface area (Å²) in [6.45, 7) is 6.18. The SMILES string of the molecule is CCOc1cc(C)nc(N2CCc3c(N)cccc3C2)n1. The van der Waals surface area contributed by atoms with Gasteiger partial charge in [0.25, 0.3) is 0 Å². The summed E-state index contributed by atoms with van der Waals surface area (Å²) >= 11 is 0. The van der Waals surface area contributed by atoms with Crippen LogP contribution >= 0.6 is 0 Å². The Morgan fingerprint density at radius 1 is 1.33 bits per heavy atom. The number of fused-ring (bicyclic) bond motifs is 1. The van der Waals surface area contributed by atoms with Gasteiger partial charge in [0, 0.05) is 30.5 Å². The first-order valence-electron chi connectivity index (χ1n) is 7.27. The maximum atomic E-state index is 6.04. The lowest BCUT2D eigenvalue weighted by Gasteiger charge is -2.29. The summed E-state index contributed by atoms with van der Waals surface area (Å²) < 4.78 is 5.51. The Hall–Kier alpha value is -2.30. The van der Waals surface area contributed by atoms with E-state index in [1.54, 1.807) is 0 Å². The third kappa shape index (κ3) is 2.77. The van der Waals surface area contributed by atoms with Gasteiger partial charge in [0.1, 0.15) is 0 Å². The summed E-state index contributed by atoms with van der Waals surface area (Å²) in [6.07, 6.45) is 0.920. The topological polar surface area (TPSA) is 64.3 Å². The van der Waals surface area contributed by atoms with Gasteiger partial charge in [-0.25, -0.2) is 4.98 Å². The molecule has 1 aliphatic rings. The van der Waals surface area contributed by atoms with E-state index in [0.717, 1.165) is 36.8 Å². The smallest absolute Gasteiger partial charge is 0.229 e. The van der Waals surface area contributed by atoms with E-state index in [0.29, 0.717) is 12.5 Å². The van der Waals surface area contributed by atoms with Crippen molar-refractivity contribution in [1.82, 2.24) is 9.97 Å². The second-order valence-corrected chi connectivity index (χ2v) is 5.24. The Kier molecular flexibility index (Phi) is 3.64. The zero-order chi connectivity index (χ0) is 14.8. The molecule has 0 fully saturated rings. The van der Waals surface area contributed by atoms with Crippen molar-refractivity contribution in [3.63, 3.8) is 0 Å². The minimum Gasteiger partial charge on any atom is -0.478 e. The molecule has 5 nitrogen and oxygen atoms in total. The largest absolute Gasteiger partial charge is 0.478 e. The standard InChI is InChI=1S/C16H20N4O/c1-3-21-15-9-11(2)18-16(19-15)20-8-7-13-12(10-20)5-4-6-14(13)17/h4-6,9H,3,7-8,10,17H2,1-2H3. The molecule has 0 bridgehead atoms. The molecule has 1 aliphatic heterocycles. The zero-order valence-electron chi connectivity index (χ0n) is 12.5. The average Bonchev–Trinajstić information content (AvgIpc) is 2.47. The monoisotopic (exact) mass is 284 g/mol. The number of nitrogens with zero attached hydrogens (tertiary/aromatic N) is 3. The Morgan fingerprint density at radius 3 is 3.00 bits per heavy atom. The highest BCUT2D eigenvalue weighted by Gasteiger charge is 2.20. The van der Waals surface area contributed by atoms with Gasteiger partial charge in [-0.1, -0.05) is 12.1 Å². The van der Waals surface area contributed by atoms with Gasteiger partial charge < -0.3 is 15.4 Å². The molecule has 2 N–H and O–H groups in total. The first-order valence-corrected chi connectivity index (χ1v) is 7.27. The van der Waals surface area contributed by atoms with E-state index in [4.69, 9.17) is 10.5 Å². The van der Waals surface area contributed by atoms with Gasteiger partial charge in [-0.3, -0.25) is 0 Å². The molecule has 1 aromatic heterocycles. The average molecular weight is 284 g/mol. The van der Waals surface area contributed by atoms with E-state index in [-0.39, 0.29) is 0 Å². The number of ether oxygens (including phenoxy) is 1. The molecule has 1 aromatic carbocycles. The van der Waals surface area contributed by atoms with Gasteiger partial charge in [0.05, 0.1) is 6.61 Å². The zero-order valence-corrected chi connectivity index (χ0v) is 12.5. The first kappa shape index (κ1) is 13.7. The maximum absolute atomic E-state index is 6.04. The molecule has 0 saturated heterocycles. The number of rotatable bonds is 3. The predicted octanol–water partition coefficient (Wildman–Crippen LogP) is 2.33. The molecule has 0 unspecified atom stereocenters. The summed E-state index contributed by atoms with van der Waals surface area (Å²) in [5.74, 6) is 1.37. The van der Waals surface area contributed by atoms with Crippen molar-refractivity contribution in [3.8, 4) is 5.88 Å². The van der Waals surface area contributed by atoms with Gasteiger partial charge in [-0.05, 0) is 37.5 Å². The van der Waals surface area contributed by atoms with Crippen LogP contribution < -0.4 is 15.4 Å². The molecule has 110 valence electrons. The van der Waals surface area contributed by atoms with Crippen LogP contribution in [0.4, 0.5) is 11.6 Å². The van der Waals surface area contributed by atoms with E-state index in [1.165, 1.54) is 11.1 Å². The van der Waals surface area contributed by atoms with Crippen molar-refractivity contribution in [3.05, 3.63) is 41.1 Å². The first-order chi connectivity index (χ1) is 10.2. The highest BCUT2D eigenvalue weighted by Crippen LogP contribution is 2.27. The molecule has 2 aromatic rings. The number of nitrogen functional groups attached to an aromatic ring is 1. The molecule has 0 amide bonds. The molecule has 0 saturated carbocycles. The highest BCUT2D eigenvalue weighted by molar-refractivity contribution is 5.54. The van der Waals surface area contributed by atoms with Gasteiger partial charge >= 0.3 is 0 Å². The summed E-state index contributed by atoms with van der Waals surface area (Å²) in [5.41, 5.74) is 10.4. The van der Waals surface area contributed by atoms with E-state index in [9.17, 15) is 0 Å². The van der Waals surface area contributed by atoms with Crippen LogP contribution in [0.25, 0.3) is 0 Å². The lowest BCUT2D eigenvalue weighted by Crippen LogP contribution is -2.32. The highest BCUT2D eigenvalue weighted by atomic mass is 16.5. The third-order valence-corrected chi connectivity index (χ3v) is 3.70. The molecule has 0 spiro atoms. The minimum absolute atomic E-state index is 0.606. The summed E-state index contributed by atoms with van der Waals surface area (Å²) in [5, 5.41) is 0. The number of nitrogens with two attached hydrogens (primary N) is 1. The lowest BCUT2D eigenvalue weighted by atomic mass is 9.98. The van der Waals surface area contributed by atoms with Gasteiger partial charge in [-0.15, -0.1) is 0 Å². The van der Waals surface area contributed by atoms with E-state index >= 15 is 0 Å². The summed E-state index contributed by atoms with van der Waals surface area (Å²) in [7, 11) is 0. The van der Waals surface area contributed by atoms with Crippen LogP contribution in [-0.4, -0.2) is 23.1 Å². The van der Waals surface area contributed by atoms with Crippen LogP contribution in [0.2, 0.25) is 0 Å². The van der Waals surface area contributed by atoms with Crippen LogP contribution in [-0.2, 0) is 13.0 Å². The predicted molar refractivity (Wildman–Crippen MR) is 83.5 cm³/mol. The molecule has 0 radical (unpaired) electrons. The summed E-state index contributed by atoms with van der Waals surface area (Å²) in [6, 6.07) is 7.95. The Labute approximate surface area is 124 Å². The number of aromatic nitrogens is 2. The molecular weight excluding hydrogens is 264 g/mol. The van der Waals surface area contributed by atoms with Crippen molar-refractivity contribution in [2.45, 2.75) is 26.8 Å². The number of aryl methyl sites for hydroxylation is 1. The third-order valence-electron chi connectivity index (χ3n) is 3.70. The molecule has 3 rings (SSSR count). The number of hydrogen-bond donors (Lipinski definition) is 1. The Bertz CT molecular complexity index is 657. The maximum Gasteiger partial charge on any atom is 0.229 e. The van der Waals surface area contributed by atoms with Crippen LogP contribution in [0, 0.1) is 6.92 Å². The Morgan fingerprint density at radius 2 is 2.19 bits per heavy atom. The fourth-order valence-electron chi connectivity index (χ4n) is 2.70. The lowest BCUT2D eigenvalue weighted by molar-refractivity contribution is 0.325. The van der Waals surface area contributed by atoms with E-state index < -0.39 is 0 Å². The number of anilines is 2. The quantitative estimate of drug-likeness (QED) is 0.876. The van der Waals surface area contributed by atoms with Gasteiger partial charge in [0.15, 0.2) is 0 Å². The van der Waals surface area contributed by atoms with Crippen molar-refractivity contribution < 1.29 is 4.74 Å². The van der Waals surface area contributed by atoms with Crippen LogP contribution in [0.5, 0.6) is 5.88 Å². The number of benzene rings is 1. The van der Waals surface area contributed by atoms with Crippen LogP contribution in [0.15, 0.2) is 24.3 Å². The molecule has 0 atom stereocenters. The van der Waals surface area contributed by atoms with E-state index in [1.807, 2.05) is 32.0 Å². The number of hydrogen-bond acceptors (Lipinski definition) is 5. The van der Waals surface area contributed by atoms with Crippen molar-refractivity contribution in [2.75, 3.05) is 23.8 Å². The van der Waals surface area contributed by atoms with Gasteiger partial charge in [0.2, 0.25) is 11.8 Å². The van der Waals surface area contributed by atoms with Crippen molar-refractivity contribution >= 4 is 11.6 Å². The van der Waals surface area contributed by atoms with Crippen molar-refractivity contribution in [2.24, 2.45) is 0 Å². The summed E-state index contributed by atoms with van der Waals surface area (Å²) in [4.78, 5) is 11.2. The van der Waals surface area contributed by atoms with Crippen LogP contribution in [0.1, 0.15) is 23.7 Å². The molecule has 21 heavy (non-hydrogen) atoms. The Balaban J connectivity index is 1.89. The fourth-order valence-corrected chi connectivity index (χ4v) is 2.70. The normalized spacial score (nSPS) is 13.9. The molecule has 2 heterocycles. The molecular formula is C16H20N4O. The van der Waals surface area contributed by atoms with Gasteiger partial charge in [-0.2, -0.15) is 4.98 Å². The fraction of sp³-hybridized carbons (Fsp3) is 0.375. The molecule has 5 heteroatoms. The molecule has 0 aliphatic carbocycles. The second-order valence-electron chi connectivity index (χ2n) is 5.24. The van der Waals surface area contributed by atoms with Crippen molar-refractivity contribution in [1.29, 1.82) is 0 Å². The van der Waals surface area contributed by atoms with E-state index in [2.05, 4.69) is 20.9 Å². The van der Waals surface area contributed by atoms with Crippen LogP contribution in [0.3, 0.4) is 0 Å².